The highest BCUT2D eigenvalue weighted by molar-refractivity contribution is 5.99. The number of hydrogen-bond acceptors (Lipinski definition) is 3. The average molecular weight is 267 g/mol. The third-order valence-corrected chi connectivity index (χ3v) is 3.65. The maximum Gasteiger partial charge on any atom is 0.168 e. The van der Waals surface area contributed by atoms with Gasteiger partial charge in [-0.05, 0) is 17.2 Å². The van der Waals surface area contributed by atoms with Crippen LogP contribution in [0.5, 0.6) is 5.75 Å². The number of nitrogens with two attached hydrogens (primary N) is 1. The van der Waals surface area contributed by atoms with Crippen LogP contribution in [0.25, 0.3) is 0 Å². The molecule has 2 aromatic carbocycles. The van der Waals surface area contributed by atoms with E-state index in [1.165, 1.54) is 0 Å². The lowest BCUT2D eigenvalue weighted by Crippen LogP contribution is -2.16. The summed E-state index contributed by atoms with van der Waals surface area (Å²) in [5.74, 6) is 0.790. The van der Waals surface area contributed by atoms with Gasteiger partial charge in [0.15, 0.2) is 5.78 Å². The van der Waals surface area contributed by atoms with Crippen molar-refractivity contribution in [3.63, 3.8) is 0 Å². The molecule has 2 aromatic rings. The Morgan fingerprint density at radius 1 is 1.15 bits per heavy atom. The molecule has 0 radical (unpaired) electrons. The van der Waals surface area contributed by atoms with E-state index >= 15 is 0 Å². The van der Waals surface area contributed by atoms with Crippen LogP contribution < -0.4 is 10.5 Å². The van der Waals surface area contributed by atoms with E-state index in [-0.39, 0.29) is 11.8 Å². The van der Waals surface area contributed by atoms with Gasteiger partial charge in [0.05, 0.1) is 12.2 Å². The van der Waals surface area contributed by atoms with Gasteiger partial charge < -0.3 is 10.5 Å². The number of benzene rings is 2. The van der Waals surface area contributed by atoms with Gasteiger partial charge in [0.1, 0.15) is 5.75 Å². The minimum absolute atomic E-state index is 0.0418. The number of Topliss-reactive ketones (excluding diaryl/α,β-unsaturated/α-hetero) is 1. The van der Waals surface area contributed by atoms with Crippen molar-refractivity contribution in [2.75, 3.05) is 6.61 Å². The summed E-state index contributed by atoms with van der Waals surface area (Å²) in [6, 6.07) is 15.2. The van der Waals surface area contributed by atoms with Gasteiger partial charge in [0.25, 0.3) is 0 Å². The Morgan fingerprint density at radius 2 is 1.95 bits per heavy atom. The Hall–Kier alpha value is -2.13. The van der Waals surface area contributed by atoms with E-state index in [4.69, 9.17) is 10.5 Å². The summed E-state index contributed by atoms with van der Waals surface area (Å²) in [6.07, 6.45) is 1.17. The molecular weight excluding hydrogens is 250 g/mol. The second-order valence-corrected chi connectivity index (χ2v) is 5.04. The molecule has 102 valence electrons. The molecule has 20 heavy (non-hydrogen) atoms. The molecule has 0 spiro atoms. The van der Waals surface area contributed by atoms with Crippen LogP contribution in [0.1, 0.15) is 33.9 Å². The molecule has 3 rings (SSSR count). The van der Waals surface area contributed by atoms with E-state index < -0.39 is 0 Å². The number of fused-ring (bicyclic) bond motifs is 1. The first-order chi connectivity index (χ1) is 9.75. The molecule has 1 aliphatic rings. The van der Waals surface area contributed by atoms with Gasteiger partial charge in [-0.1, -0.05) is 42.5 Å². The fourth-order valence-corrected chi connectivity index (χ4v) is 2.56. The zero-order chi connectivity index (χ0) is 13.9. The number of rotatable bonds is 4. The topological polar surface area (TPSA) is 52.3 Å². The van der Waals surface area contributed by atoms with Crippen molar-refractivity contribution in [3.05, 3.63) is 65.2 Å². The largest absolute Gasteiger partial charge is 0.492 e. The summed E-state index contributed by atoms with van der Waals surface area (Å²) in [6.45, 7) is 0.657. The van der Waals surface area contributed by atoms with Gasteiger partial charge in [-0.2, -0.15) is 0 Å². The highest BCUT2D eigenvalue weighted by atomic mass is 16.5. The smallest absolute Gasteiger partial charge is 0.168 e. The third kappa shape index (κ3) is 2.45. The normalized spacial score (nSPS) is 14.4. The maximum atomic E-state index is 12.4. The third-order valence-electron chi connectivity index (χ3n) is 3.65. The van der Waals surface area contributed by atoms with Crippen molar-refractivity contribution in [1.29, 1.82) is 0 Å². The van der Waals surface area contributed by atoms with Gasteiger partial charge in [-0.15, -0.1) is 0 Å². The molecule has 0 saturated heterocycles. The van der Waals surface area contributed by atoms with E-state index in [0.717, 1.165) is 23.3 Å². The van der Waals surface area contributed by atoms with Crippen LogP contribution in [0.4, 0.5) is 0 Å². The SMILES string of the molecule is NC(CC(=O)c1cccc2c1OCC2)c1ccccc1. The highest BCUT2D eigenvalue weighted by Gasteiger charge is 2.22. The summed E-state index contributed by atoms with van der Waals surface area (Å²) in [5.41, 5.74) is 8.87. The van der Waals surface area contributed by atoms with Crippen LogP contribution in [0.2, 0.25) is 0 Å². The quantitative estimate of drug-likeness (QED) is 0.867. The molecular formula is C17H17NO2. The van der Waals surface area contributed by atoms with Gasteiger partial charge in [-0.3, -0.25) is 4.79 Å². The van der Waals surface area contributed by atoms with Gasteiger partial charge in [0.2, 0.25) is 0 Å². The van der Waals surface area contributed by atoms with Crippen LogP contribution in [0.3, 0.4) is 0 Å². The van der Waals surface area contributed by atoms with Gasteiger partial charge in [-0.25, -0.2) is 0 Å². The predicted molar refractivity (Wildman–Crippen MR) is 78.0 cm³/mol. The monoisotopic (exact) mass is 267 g/mol. The summed E-state index contributed by atoms with van der Waals surface area (Å²) in [5, 5.41) is 0. The summed E-state index contributed by atoms with van der Waals surface area (Å²) in [7, 11) is 0. The standard InChI is InChI=1S/C17H17NO2/c18-15(12-5-2-1-3-6-12)11-16(19)14-8-4-7-13-9-10-20-17(13)14/h1-8,15H,9-11,18H2. The lowest BCUT2D eigenvalue weighted by molar-refractivity contribution is 0.0971. The minimum atomic E-state index is -0.277. The molecule has 0 saturated carbocycles. The molecule has 0 bridgehead atoms. The molecule has 1 atom stereocenters. The van der Waals surface area contributed by atoms with Crippen molar-refractivity contribution in [1.82, 2.24) is 0 Å². The summed E-state index contributed by atoms with van der Waals surface area (Å²) in [4.78, 5) is 12.4. The minimum Gasteiger partial charge on any atom is -0.492 e. The zero-order valence-corrected chi connectivity index (χ0v) is 11.2. The second kappa shape index (κ2) is 5.47. The fourth-order valence-electron chi connectivity index (χ4n) is 2.56. The second-order valence-electron chi connectivity index (χ2n) is 5.04. The zero-order valence-electron chi connectivity index (χ0n) is 11.2. The Kier molecular flexibility index (Phi) is 3.52. The molecule has 0 amide bonds. The number of hydrogen-bond donors (Lipinski definition) is 1. The molecule has 3 nitrogen and oxygen atoms in total. The van der Waals surface area contributed by atoms with Crippen molar-refractivity contribution >= 4 is 5.78 Å². The average Bonchev–Trinajstić information content (AvgIpc) is 2.96. The van der Waals surface area contributed by atoms with Crippen LogP contribution in [0, 0.1) is 0 Å². The van der Waals surface area contributed by atoms with Crippen molar-refractivity contribution in [2.45, 2.75) is 18.9 Å². The lowest BCUT2D eigenvalue weighted by atomic mass is 9.97. The Balaban J connectivity index is 1.79. The first kappa shape index (κ1) is 12.9. The van der Waals surface area contributed by atoms with Crippen LogP contribution in [-0.2, 0) is 6.42 Å². The number of ketones is 1. The molecule has 1 unspecified atom stereocenters. The van der Waals surface area contributed by atoms with E-state index in [0.29, 0.717) is 18.6 Å². The Bertz CT molecular complexity index is 622. The van der Waals surface area contributed by atoms with Gasteiger partial charge in [0, 0.05) is 18.9 Å². The van der Waals surface area contributed by atoms with Gasteiger partial charge >= 0.3 is 0 Å². The number of carbonyl (C=O) groups excluding carboxylic acids is 1. The Morgan fingerprint density at radius 3 is 2.75 bits per heavy atom. The predicted octanol–water partition coefficient (Wildman–Crippen LogP) is 2.89. The molecule has 3 heteroatoms. The maximum absolute atomic E-state index is 12.4. The fraction of sp³-hybridized carbons (Fsp3) is 0.235. The lowest BCUT2D eigenvalue weighted by Gasteiger charge is -2.12. The number of ether oxygens (including phenoxy) is 1. The van der Waals surface area contributed by atoms with Crippen molar-refractivity contribution in [2.24, 2.45) is 5.73 Å². The number of carbonyl (C=O) groups is 1. The molecule has 0 fully saturated rings. The van der Waals surface area contributed by atoms with E-state index in [9.17, 15) is 4.79 Å². The van der Waals surface area contributed by atoms with Crippen LogP contribution in [0.15, 0.2) is 48.5 Å². The molecule has 0 aliphatic carbocycles. The molecule has 2 N–H and O–H groups in total. The van der Waals surface area contributed by atoms with Crippen LogP contribution in [-0.4, -0.2) is 12.4 Å². The summed E-state index contributed by atoms with van der Waals surface area (Å²) >= 11 is 0. The molecule has 0 aromatic heterocycles. The molecule has 1 aliphatic heterocycles. The Labute approximate surface area is 118 Å². The van der Waals surface area contributed by atoms with E-state index in [1.807, 2.05) is 48.5 Å². The summed E-state index contributed by atoms with van der Waals surface area (Å²) < 4.78 is 5.58. The van der Waals surface area contributed by atoms with E-state index in [2.05, 4.69) is 0 Å². The number of para-hydroxylation sites is 1. The molecule has 1 heterocycles. The first-order valence-electron chi connectivity index (χ1n) is 6.84. The first-order valence-corrected chi connectivity index (χ1v) is 6.84. The highest BCUT2D eigenvalue weighted by Crippen LogP contribution is 2.31. The van der Waals surface area contributed by atoms with Crippen LogP contribution >= 0.6 is 0 Å². The van der Waals surface area contributed by atoms with Crippen molar-refractivity contribution in [3.8, 4) is 5.75 Å². The van der Waals surface area contributed by atoms with E-state index in [1.54, 1.807) is 0 Å². The van der Waals surface area contributed by atoms with Crippen molar-refractivity contribution < 1.29 is 9.53 Å².